The third-order valence-electron chi connectivity index (χ3n) is 5.58. The highest BCUT2D eigenvalue weighted by Crippen LogP contribution is 2.32. The summed E-state index contributed by atoms with van der Waals surface area (Å²) in [6.45, 7) is 4.66. The molecule has 0 atom stereocenters. The molecular weight excluding hydrogens is 529 g/mol. The molecule has 3 aromatic rings. The number of piperazine rings is 1. The number of nitrogens with zero attached hydrogens (tertiary/aromatic N) is 3. The summed E-state index contributed by atoms with van der Waals surface area (Å²) < 4.78 is 26.8. The summed E-state index contributed by atoms with van der Waals surface area (Å²) in [7, 11) is -3.64. The Morgan fingerprint density at radius 1 is 1.06 bits per heavy atom. The number of carbonyl (C=O) groups is 1. The van der Waals surface area contributed by atoms with Crippen molar-refractivity contribution >= 4 is 67.0 Å². The van der Waals surface area contributed by atoms with Crippen LogP contribution in [-0.2, 0) is 14.8 Å². The highest BCUT2D eigenvalue weighted by Gasteiger charge is 2.22. The van der Waals surface area contributed by atoms with Gasteiger partial charge in [-0.25, -0.2) is 13.4 Å². The summed E-state index contributed by atoms with van der Waals surface area (Å²) in [5, 5.41) is 6.61. The van der Waals surface area contributed by atoms with Gasteiger partial charge in [-0.05, 0) is 42.8 Å². The molecule has 190 valence electrons. The van der Waals surface area contributed by atoms with Crippen LogP contribution in [0.5, 0.6) is 0 Å². The summed E-state index contributed by atoms with van der Waals surface area (Å²) >= 11 is 13.3. The lowest BCUT2D eigenvalue weighted by atomic mass is 10.2. The van der Waals surface area contributed by atoms with E-state index in [0.29, 0.717) is 28.1 Å². The Balaban J connectivity index is 0.000000265. The summed E-state index contributed by atoms with van der Waals surface area (Å²) in [5.41, 5.74) is 1.77. The molecule has 8 nitrogen and oxygen atoms in total. The first-order chi connectivity index (χ1) is 16.8. The van der Waals surface area contributed by atoms with E-state index in [1.165, 1.54) is 29.7 Å². The summed E-state index contributed by atoms with van der Waals surface area (Å²) in [6.07, 6.45) is 2.92. The van der Waals surface area contributed by atoms with E-state index in [9.17, 15) is 13.2 Å². The monoisotopic (exact) mass is 557 g/mol. The fourth-order valence-corrected chi connectivity index (χ4v) is 6.02. The lowest BCUT2D eigenvalue weighted by Gasteiger charge is -2.30. The molecule has 0 saturated carbocycles. The molecule has 2 N–H and O–H groups in total. The van der Waals surface area contributed by atoms with Crippen LogP contribution in [0.4, 0.5) is 16.5 Å². The number of hydrogen-bond donors (Lipinski definition) is 2. The van der Waals surface area contributed by atoms with Crippen molar-refractivity contribution in [2.24, 2.45) is 0 Å². The molecule has 0 spiro atoms. The number of hydrogen-bond acceptors (Lipinski definition) is 7. The van der Waals surface area contributed by atoms with Crippen LogP contribution < -0.4 is 19.8 Å². The zero-order valence-corrected chi connectivity index (χ0v) is 21.9. The molecule has 12 heteroatoms. The molecule has 2 fully saturated rings. The lowest BCUT2D eigenvalue weighted by Crippen LogP contribution is -2.43. The third kappa shape index (κ3) is 6.45. The zero-order chi connectivity index (χ0) is 24.8. The fraction of sp³-hybridized carbons (Fsp3) is 0.304. The Labute approximate surface area is 221 Å². The molecule has 2 saturated heterocycles. The number of thiazole rings is 1. The molecule has 0 bridgehead atoms. The smallest absolute Gasteiger partial charge is 0.263 e. The Bertz CT molecular complexity index is 1260. The van der Waals surface area contributed by atoms with Crippen molar-refractivity contribution in [3.05, 3.63) is 64.1 Å². The standard InChI is InChI=1S/C13H13N3O3S2.C10H12Cl2N2.2H2/c17-12-2-1-8-16(12)10-3-5-11(6-4-10)21(18,19)15-13-14-7-9-20-13;11-8-2-1-3-9(10(8)12)14-6-4-13-5-7-14;;/h3-7,9H,1-2,8H2,(H,14,15);1-3,13H,4-7H2;2*1H. The number of aromatic nitrogens is 1. The predicted octanol–water partition coefficient (Wildman–Crippen LogP) is 4.97. The molecule has 0 aliphatic carbocycles. The van der Waals surface area contributed by atoms with Crippen molar-refractivity contribution in [3.63, 3.8) is 0 Å². The zero-order valence-electron chi connectivity index (χ0n) is 18.8. The number of rotatable bonds is 5. The van der Waals surface area contributed by atoms with Crippen molar-refractivity contribution in [1.29, 1.82) is 0 Å². The number of nitrogens with one attached hydrogen (secondary N) is 2. The van der Waals surface area contributed by atoms with E-state index in [1.54, 1.807) is 22.4 Å². The first-order valence-corrected chi connectivity index (χ1v) is 14.2. The normalized spacial score (nSPS) is 16.1. The molecule has 2 aromatic carbocycles. The summed E-state index contributed by atoms with van der Waals surface area (Å²) in [5.74, 6) is 0.0755. The molecule has 5 rings (SSSR count). The van der Waals surface area contributed by atoms with E-state index >= 15 is 0 Å². The van der Waals surface area contributed by atoms with Gasteiger partial charge in [-0.15, -0.1) is 11.3 Å². The molecule has 2 aliphatic heterocycles. The summed E-state index contributed by atoms with van der Waals surface area (Å²) in [4.78, 5) is 19.6. The van der Waals surface area contributed by atoms with Crippen LogP contribution in [-0.4, -0.2) is 52.0 Å². The second-order valence-corrected chi connectivity index (χ2v) is 11.3. The molecule has 0 radical (unpaired) electrons. The highest BCUT2D eigenvalue weighted by molar-refractivity contribution is 7.93. The first-order valence-electron chi connectivity index (χ1n) is 11.1. The van der Waals surface area contributed by atoms with Gasteiger partial charge in [0.15, 0.2) is 5.13 Å². The average molecular weight is 559 g/mol. The first kappa shape index (κ1) is 25.7. The van der Waals surface area contributed by atoms with Crippen molar-refractivity contribution in [1.82, 2.24) is 10.3 Å². The average Bonchev–Trinajstić information content (AvgIpc) is 3.53. The molecule has 35 heavy (non-hydrogen) atoms. The Kier molecular flexibility index (Phi) is 8.51. The van der Waals surface area contributed by atoms with Gasteiger partial charge in [0.05, 0.1) is 20.6 Å². The van der Waals surface area contributed by atoms with Gasteiger partial charge in [0.1, 0.15) is 0 Å². The highest BCUT2D eigenvalue weighted by atomic mass is 35.5. The van der Waals surface area contributed by atoms with Gasteiger partial charge in [-0.2, -0.15) is 0 Å². The maximum Gasteiger partial charge on any atom is 0.263 e. The molecule has 2 aliphatic rings. The van der Waals surface area contributed by atoms with Gasteiger partial charge in [0.2, 0.25) is 5.91 Å². The maximum atomic E-state index is 12.2. The van der Waals surface area contributed by atoms with Crippen LogP contribution in [0.2, 0.25) is 10.0 Å². The van der Waals surface area contributed by atoms with Crippen molar-refractivity contribution in [2.75, 3.05) is 47.2 Å². The van der Waals surface area contributed by atoms with E-state index in [-0.39, 0.29) is 13.7 Å². The predicted molar refractivity (Wildman–Crippen MR) is 147 cm³/mol. The van der Waals surface area contributed by atoms with Gasteiger partial charge < -0.3 is 15.1 Å². The quantitative estimate of drug-likeness (QED) is 0.460. The van der Waals surface area contributed by atoms with E-state index < -0.39 is 10.0 Å². The molecule has 1 aromatic heterocycles. The molecule has 3 heterocycles. The lowest BCUT2D eigenvalue weighted by molar-refractivity contribution is -0.117. The van der Waals surface area contributed by atoms with E-state index in [2.05, 4.69) is 19.9 Å². The number of halogens is 2. The number of sulfonamides is 1. The van der Waals surface area contributed by atoms with Gasteiger partial charge in [0.25, 0.3) is 10.0 Å². The van der Waals surface area contributed by atoms with Crippen molar-refractivity contribution < 1.29 is 16.1 Å². The number of carbonyl (C=O) groups excluding carboxylic acids is 1. The van der Waals surface area contributed by atoms with Crippen molar-refractivity contribution in [3.8, 4) is 0 Å². The molecule has 0 unspecified atom stereocenters. The fourth-order valence-electron chi connectivity index (χ4n) is 3.82. The van der Waals surface area contributed by atoms with Gasteiger partial charge >= 0.3 is 0 Å². The topological polar surface area (TPSA) is 94.6 Å². The van der Waals surface area contributed by atoms with Crippen LogP contribution in [0.3, 0.4) is 0 Å². The maximum absolute atomic E-state index is 12.2. The van der Waals surface area contributed by atoms with Crippen LogP contribution in [0.15, 0.2) is 58.9 Å². The van der Waals surface area contributed by atoms with Gasteiger partial charge in [-0.1, -0.05) is 29.3 Å². The van der Waals surface area contributed by atoms with Crippen molar-refractivity contribution in [2.45, 2.75) is 17.7 Å². The summed E-state index contributed by atoms with van der Waals surface area (Å²) in [6, 6.07) is 12.1. The van der Waals surface area contributed by atoms with Gasteiger partial charge in [0, 0.05) is 59.3 Å². The Hall–Kier alpha value is -2.37. The van der Waals surface area contributed by atoms with E-state index in [1.807, 2.05) is 18.2 Å². The second kappa shape index (κ2) is 11.6. The Morgan fingerprint density at radius 2 is 1.80 bits per heavy atom. The van der Waals surface area contributed by atoms with Crippen LogP contribution in [0, 0.1) is 0 Å². The Morgan fingerprint density at radius 3 is 2.43 bits per heavy atom. The van der Waals surface area contributed by atoms with Gasteiger partial charge in [-0.3, -0.25) is 9.52 Å². The second-order valence-electron chi connectivity index (χ2n) is 7.90. The molecule has 1 amide bonds. The minimum Gasteiger partial charge on any atom is -0.368 e. The number of anilines is 3. The third-order valence-corrected chi connectivity index (χ3v) is 8.56. The SMILES string of the molecule is Clc1cccc(N2CCNCC2)c1Cl.O=C1CCCN1c1ccc(S(=O)(=O)Nc2nccs2)cc1.[HH].[HH]. The van der Waals surface area contributed by atoms with Crippen LogP contribution >= 0.6 is 34.5 Å². The largest absolute Gasteiger partial charge is 0.368 e. The number of amides is 1. The molecular formula is C23H29Cl2N5O3S2. The van der Waals surface area contributed by atoms with E-state index in [0.717, 1.165) is 44.0 Å². The minimum atomic E-state index is -3.64. The van der Waals surface area contributed by atoms with Crippen LogP contribution in [0.1, 0.15) is 15.7 Å². The number of benzene rings is 2. The van der Waals surface area contributed by atoms with E-state index in [4.69, 9.17) is 23.2 Å². The van der Waals surface area contributed by atoms with Crippen LogP contribution in [0.25, 0.3) is 0 Å². The minimum absolute atomic E-state index is 0.